The van der Waals surface area contributed by atoms with Crippen LogP contribution in [-0.2, 0) is 10.8 Å². The van der Waals surface area contributed by atoms with Gasteiger partial charge >= 0.3 is 0 Å². The molecule has 72 heavy (non-hydrogen) atoms. The molecule has 3 heteroatoms. The molecule has 0 spiro atoms. The number of hydrogen-bond donors (Lipinski definition) is 0. The summed E-state index contributed by atoms with van der Waals surface area (Å²) in [6.07, 6.45) is 0. The Morgan fingerprint density at radius 3 is 1.42 bits per heavy atom. The van der Waals surface area contributed by atoms with Crippen LogP contribution in [0.25, 0.3) is 60.0 Å². The maximum atomic E-state index is 2.61. The fourth-order valence-corrected chi connectivity index (χ4v) is 12.3. The second-order valence-electron chi connectivity index (χ2n) is 20.5. The van der Waals surface area contributed by atoms with Crippen LogP contribution in [0.1, 0.15) is 48.6 Å². The Balaban J connectivity index is 1.10. The highest BCUT2D eigenvalue weighted by Crippen LogP contribution is 2.59. The van der Waals surface area contributed by atoms with Gasteiger partial charge < -0.3 is 14.2 Å². The molecule has 0 radical (unpaired) electrons. The van der Waals surface area contributed by atoms with E-state index < -0.39 is 5.41 Å². The normalized spacial score (nSPS) is 13.0. The van der Waals surface area contributed by atoms with Gasteiger partial charge in [-0.3, -0.25) is 0 Å². The molecule has 0 bridgehead atoms. The van der Waals surface area contributed by atoms with Gasteiger partial charge in [0.25, 0.3) is 0 Å². The van der Waals surface area contributed by atoms with Crippen molar-refractivity contribution < 1.29 is 0 Å². The second-order valence-corrected chi connectivity index (χ2v) is 20.5. The molecule has 0 saturated heterocycles. The van der Waals surface area contributed by atoms with Gasteiger partial charge in [-0.25, -0.2) is 0 Å². The molecule has 342 valence electrons. The minimum absolute atomic E-state index is 0.0412. The number of anilines is 6. The lowest BCUT2D eigenvalue weighted by Crippen LogP contribution is -2.28. The van der Waals surface area contributed by atoms with Crippen molar-refractivity contribution in [2.24, 2.45) is 0 Å². The van der Waals surface area contributed by atoms with E-state index in [0.29, 0.717) is 0 Å². The predicted octanol–water partition coefficient (Wildman–Crippen LogP) is 18.6. The first-order chi connectivity index (χ1) is 35.4. The first kappa shape index (κ1) is 42.0. The summed E-state index contributed by atoms with van der Waals surface area (Å²) in [5, 5.41) is 7.50. The van der Waals surface area contributed by atoms with Gasteiger partial charge in [0.05, 0.1) is 27.7 Å². The highest BCUT2D eigenvalue weighted by atomic mass is 15.2. The van der Waals surface area contributed by atoms with Crippen LogP contribution in [0.4, 0.5) is 34.1 Å². The minimum Gasteiger partial charge on any atom is -0.310 e. The molecule has 11 aromatic carbocycles. The Morgan fingerprint density at radius 2 is 0.861 bits per heavy atom. The quantitative estimate of drug-likeness (QED) is 0.150. The van der Waals surface area contributed by atoms with Crippen LogP contribution < -0.4 is 9.80 Å². The van der Waals surface area contributed by atoms with E-state index in [0.717, 1.165) is 34.1 Å². The highest BCUT2D eigenvalue weighted by Gasteiger charge is 2.47. The molecule has 13 aromatic rings. The SMILES string of the molecule is CC(C)(C)c1ccc2c(c1)c1c(N(c3ccccc3)c3ccccc3)ccc3c4ccc5cc6c(cc5c4n2c31)C(c1ccccc1)(c1ccccc1)c1cc(N(c2ccccc2)c2ccccc2)ccc1-6. The first-order valence-corrected chi connectivity index (χ1v) is 25.2. The van der Waals surface area contributed by atoms with Crippen LogP contribution in [0.5, 0.6) is 0 Å². The molecule has 0 fully saturated rings. The standard InChI is InChI=1S/C69H51N3/c1-68(2,3)49-35-40-63-60(43-49)65-64(71(52-30-18-8-19-31-52)53-32-20-9-21-33-53)41-39-57-56-37-34-46-42-59-55-38-36-54(70(50-26-14-6-15-27-50)51-28-16-7-17-29-51)44-61(55)69(47-22-10-4-11-23-47,48-24-12-5-13-25-48)62(59)45-58(46)66(56)72(63)67(57)65/h4-45H,1-3H3. The zero-order valence-corrected chi connectivity index (χ0v) is 40.6. The van der Waals surface area contributed by atoms with Crippen molar-refractivity contribution in [1.82, 2.24) is 4.40 Å². The number of para-hydroxylation sites is 4. The number of aromatic nitrogens is 1. The first-order valence-electron chi connectivity index (χ1n) is 25.2. The Hall–Kier alpha value is -8.92. The molecule has 2 aromatic heterocycles. The molecule has 0 aliphatic heterocycles. The van der Waals surface area contributed by atoms with Crippen molar-refractivity contribution >= 4 is 83.0 Å². The number of hydrogen-bond acceptors (Lipinski definition) is 2. The second kappa shape index (κ2) is 16.1. The monoisotopic (exact) mass is 921 g/mol. The Labute approximate surface area is 420 Å². The van der Waals surface area contributed by atoms with Crippen molar-refractivity contribution in [3.63, 3.8) is 0 Å². The lowest BCUT2D eigenvalue weighted by atomic mass is 9.67. The van der Waals surface area contributed by atoms with Crippen molar-refractivity contribution in [3.05, 3.63) is 283 Å². The molecule has 3 nitrogen and oxygen atoms in total. The van der Waals surface area contributed by atoms with Gasteiger partial charge in [0.15, 0.2) is 0 Å². The van der Waals surface area contributed by atoms with Crippen LogP contribution in [0.15, 0.2) is 255 Å². The third kappa shape index (κ3) is 6.17. The number of fused-ring (bicyclic) bond motifs is 11. The number of rotatable bonds is 8. The lowest BCUT2D eigenvalue weighted by molar-refractivity contribution is 0.591. The van der Waals surface area contributed by atoms with Gasteiger partial charge in [-0.2, -0.15) is 0 Å². The zero-order chi connectivity index (χ0) is 48.1. The Morgan fingerprint density at radius 1 is 0.361 bits per heavy atom. The van der Waals surface area contributed by atoms with E-state index in [1.54, 1.807) is 0 Å². The summed E-state index contributed by atoms with van der Waals surface area (Å²) in [5.74, 6) is 0. The third-order valence-corrected chi connectivity index (χ3v) is 15.5. The van der Waals surface area contributed by atoms with Crippen LogP contribution in [0.2, 0.25) is 0 Å². The molecular weight excluding hydrogens is 871 g/mol. The largest absolute Gasteiger partial charge is 0.310 e. The van der Waals surface area contributed by atoms with Gasteiger partial charge in [0.1, 0.15) is 0 Å². The average molecular weight is 922 g/mol. The predicted molar refractivity (Wildman–Crippen MR) is 304 cm³/mol. The van der Waals surface area contributed by atoms with Crippen molar-refractivity contribution in [1.29, 1.82) is 0 Å². The van der Waals surface area contributed by atoms with E-state index >= 15 is 0 Å². The van der Waals surface area contributed by atoms with E-state index in [4.69, 9.17) is 0 Å². The highest BCUT2D eigenvalue weighted by molar-refractivity contribution is 6.30. The molecule has 0 saturated carbocycles. The van der Waals surface area contributed by atoms with E-state index in [1.165, 1.54) is 87.8 Å². The topological polar surface area (TPSA) is 10.9 Å². The minimum atomic E-state index is -0.640. The van der Waals surface area contributed by atoms with Crippen LogP contribution in [0.3, 0.4) is 0 Å². The van der Waals surface area contributed by atoms with Crippen LogP contribution in [0, 0.1) is 0 Å². The zero-order valence-electron chi connectivity index (χ0n) is 40.6. The van der Waals surface area contributed by atoms with E-state index in [2.05, 4.69) is 290 Å². The third-order valence-electron chi connectivity index (χ3n) is 15.5. The number of nitrogens with zero attached hydrogens (tertiary/aromatic N) is 3. The van der Waals surface area contributed by atoms with E-state index in [-0.39, 0.29) is 5.41 Å². The fourth-order valence-electron chi connectivity index (χ4n) is 12.3. The summed E-state index contributed by atoms with van der Waals surface area (Å²) in [7, 11) is 0. The van der Waals surface area contributed by atoms with Crippen molar-refractivity contribution in [2.45, 2.75) is 31.6 Å². The van der Waals surface area contributed by atoms with Crippen LogP contribution in [-0.4, -0.2) is 4.40 Å². The number of benzene rings is 11. The molecule has 0 atom stereocenters. The fraction of sp³-hybridized carbons (Fsp3) is 0.0725. The van der Waals surface area contributed by atoms with Crippen molar-refractivity contribution in [3.8, 4) is 11.1 Å². The summed E-state index contributed by atoms with van der Waals surface area (Å²) in [4.78, 5) is 4.83. The maximum absolute atomic E-state index is 2.61. The van der Waals surface area contributed by atoms with Gasteiger partial charge in [-0.15, -0.1) is 0 Å². The summed E-state index contributed by atoms with van der Waals surface area (Å²) < 4.78 is 2.61. The van der Waals surface area contributed by atoms with Crippen molar-refractivity contribution in [2.75, 3.05) is 9.80 Å². The smallest absolute Gasteiger partial charge is 0.0714 e. The maximum Gasteiger partial charge on any atom is 0.0714 e. The van der Waals surface area contributed by atoms with Gasteiger partial charge in [0.2, 0.25) is 0 Å². The molecule has 0 amide bonds. The molecule has 0 N–H and O–H groups in total. The molecule has 2 heterocycles. The average Bonchev–Trinajstić information content (AvgIpc) is 4.06. The molecular formula is C69H51N3. The van der Waals surface area contributed by atoms with Crippen LogP contribution >= 0.6 is 0 Å². The Bertz CT molecular complexity index is 4040. The summed E-state index contributed by atoms with van der Waals surface area (Å²) in [5.41, 5.74) is 18.7. The molecule has 14 rings (SSSR count). The summed E-state index contributed by atoms with van der Waals surface area (Å²) in [6.45, 7) is 6.97. The van der Waals surface area contributed by atoms with E-state index in [1.807, 2.05) is 0 Å². The molecule has 1 aliphatic rings. The summed E-state index contributed by atoms with van der Waals surface area (Å²) in [6, 6.07) is 94.6. The van der Waals surface area contributed by atoms with E-state index in [9.17, 15) is 0 Å². The Kier molecular flexibility index (Phi) is 9.37. The van der Waals surface area contributed by atoms with Gasteiger partial charge in [-0.1, -0.05) is 185 Å². The summed E-state index contributed by atoms with van der Waals surface area (Å²) >= 11 is 0. The van der Waals surface area contributed by atoms with Gasteiger partial charge in [-0.05, 0) is 141 Å². The molecule has 1 aliphatic carbocycles. The molecule has 0 unspecified atom stereocenters. The van der Waals surface area contributed by atoms with Gasteiger partial charge in [0, 0.05) is 55.4 Å². The lowest BCUT2D eigenvalue weighted by Gasteiger charge is -2.35.